The molecule has 17 heteroatoms. The molecule has 292 valence electrons. The fourth-order valence-electron chi connectivity index (χ4n) is 4.44. The molecule has 0 aromatic heterocycles. The van der Waals surface area contributed by atoms with E-state index in [0.29, 0.717) is 25.7 Å². The van der Waals surface area contributed by atoms with Gasteiger partial charge in [0, 0.05) is 0 Å². The van der Waals surface area contributed by atoms with Crippen molar-refractivity contribution in [3.8, 4) is 0 Å². The van der Waals surface area contributed by atoms with Gasteiger partial charge in [0.1, 0.15) is 20.2 Å². The van der Waals surface area contributed by atoms with Crippen LogP contribution < -0.4 is 0 Å². The molecule has 0 amide bonds. The normalized spacial score (nSPS) is 11.0. The predicted octanol–water partition coefficient (Wildman–Crippen LogP) is 6.19. The zero-order valence-electron chi connectivity index (χ0n) is 31.0. The van der Waals surface area contributed by atoms with Crippen LogP contribution in [0.25, 0.3) is 0 Å². The first kappa shape index (κ1) is 49.9. The van der Waals surface area contributed by atoms with Crippen LogP contribution in [0, 0.1) is 0 Å². The molecule has 0 atom stereocenters. The number of hydrogen-bond donors (Lipinski definition) is 0. The first-order chi connectivity index (χ1) is 24.6. The van der Waals surface area contributed by atoms with Crippen molar-refractivity contribution in [1.82, 2.24) is 0 Å². The summed E-state index contributed by atoms with van der Waals surface area (Å²) in [7, 11) is -9.92. The minimum absolute atomic E-state index is 0. The van der Waals surface area contributed by atoms with Crippen LogP contribution in [0.4, 0.5) is 0 Å². The van der Waals surface area contributed by atoms with Gasteiger partial charge in [0.05, 0.1) is 58.5 Å². The second-order valence-electron chi connectivity index (χ2n) is 11.7. The summed E-state index contributed by atoms with van der Waals surface area (Å²) in [6, 6.07) is 6.45. The summed E-state index contributed by atoms with van der Waals surface area (Å²) in [6.07, 6.45) is 10.00. The quantitative estimate of drug-likeness (QED) is 0.0427. The molecule has 0 saturated carbocycles. The molecule has 0 radical (unpaired) electrons. The van der Waals surface area contributed by atoms with Crippen molar-refractivity contribution in [1.29, 1.82) is 0 Å². The van der Waals surface area contributed by atoms with E-state index < -0.39 is 53.9 Å². The van der Waals surface area contributed by atoms with Crippen LogP contribution in [0.5, 0.6) is 0 Å². The second-order valence-corrected chi connectivity index (χ2v) is 14.4. The Morgan fingerprint density at radius 2 is 0.736 bits per heavy atom. The number of hydrogen-bond acceptors (Lipinski definition) is 14. The third kappa shape index (κ3) is 19.2. The van der Waals surface area contributed by atoms with Crippen molar-refractivity contribution in [2.24, 2.45) is 0 Å². The van der Waals surface area contributed by atoms with Crippen LogP contribution in [0.1, 0.15) is 146 Å². The smallest absolute Gasteiger partial charge is 0.744 e. The van der Waals surface area contributed by atoms with E-state index in [-0.39, 0.29) is 71.7 Å². The molecular weight excluding hydrogens is 745 g/mol. The molecule has 0 unspecified atom stereocenters. The Bertz CT molecular complexity index is 1550. The first-order valence-corrected chi connectivity index (χ1v) is 20.3. The van der Waals surface area contributed by atoms with E-state index in [1.165, 1.54) is 12.1 Å². The Morgan fingerprint density at radius 1 is 0.472 bits per heavy atom. The number of rotatable bonds is 22. The Labute approximate surface area is 329 Å². The van der Waals surface area contributed by atoms with Crippen LogP contribution in [-0.4, -0.2) is 99.3 Å². The van der Waals surface area contributed by atoms with Crippen molar-refractivity contribution in [2.75, 3.05) is 26.4 Å². The SMILES string of the molecule is CCCCCOC(=O)c1ccc(C(=O)OCCCCC)c(S(=O)(=O)[O-])c1.CCCCCOC(=O)c1ccc(C(=O)OCCCCC)c(S(=O)(=O)[O-])c1.[Mg+2]. The van der Waals surface area contributed by atoms with E-state index in [1.807, 2.05) is 27.7 Å². The average Bonchev–Trinajstić information content (AvgIpc) is 3.11. The van der Waals surface area contributed by atoms with Gasteiger partial charge in [-0.3, -0.25) is 0 Å². The van der Waals surface area contributed by atoms with Gasteiger partial charge >= 0.3 is 46.9 Å². The van der Waals surface area contributed by atoms with Gasteiger partial charge in [0.25, 0.3) is 0 Å². The summed E-state index contributed by atoms with van der Waals surface area (Å²) >= 11 is 0. The number of unbranched alkanes of at least 4 members (excludes halogenated alkanes) is 8. The van der Waals surface area contributed by atoms with Crippen LogP contribution in [0.2, 0.25) is 0 Å². The molecule has 0 saturated heterocycles. The van der Waals surface area contributed by atoms with Gasteiger partial charge in [0.15, 0.2) is 0 Å². The molecule has 53 heavy (non-hydrogen) atoms. The van der Waals surface area contributed by atoms with E-state index in [2.05, 4.69) is 0 Å². The van der Waals surface area contributed by atoms with Gasteiger partial charge in [-0.2, -0.15) is 0 Å². The van der Waals surface area contributed by atoms with Crippen LogP contribution in [0.15, 0.2) is 46.2 Å². The van der Waals surface area contributed by atoms with Crippen LogP contribution >= 0.6 is 0 Å². The zero-order valence-corrected chi connectivity index (χ0v) is 34.1. The Balaban J connectivity index is 0.00000100. The third-order valence-corrected chi connectivity index (χ3v) is 9.09. The van der Waals surface area contributed by atoms with Crippen LogP contribution in [0.3, 0.4) is 0 Å². The van der Waals surface area contributed by atoms with Gasteiger partial charge in [-0.1, -0.05) is 79.1 Å². The Hall–Kier alpha value is -3.09. The Morgan fingerprint density at radius 3 is 0.981 bits per heavy atom. The second kappa shape index (κ2) is 26.6. The monoisotopic (exact) mass is 794 g/mol. The van der Waals surface area contributed by atoms with Gasteiger partial charge < -0.3 is 28.1 Å². The number of carbonyl (C=O) groups is 4. The molecular formula is C36H50MgO14S2. The standard InChI is InChI=1S/2C18H26O7S.Mg/c2*1-3-5-7-11-24-17(19)14-9-10-15(16(13-14)26(21,22)23)18(20)25-12-8-6-4-2;/h2*9-10,13H,3-8,11-12H2,1-2H3,(H,21,22,23);/q;;+2/p-2. The van der Waals surface area contributed by atoms with E-state index in [0.717, 1.165) is 75.6 Å². The van der Waals surface area contributed by atoms with Crippen LogP contribution in [-0.2, 0) is 39.2 Å². The topological polar surface area (TPSA) is 220 Å². The number of benzene rings is 2. The third-order valence-electron chi connectivity index (χ3n) is 7.34. The molecule has 0 aliphatic heterocycles. The molecule has 0 N–H and O–H groups in total. The van der Waals surface area contributed by atoms with Crippen molar-refractivity contribution >= 4 is 67.2 Å². The summed E-state index contributed by atoms with van der Waals surface area (Å²) in [5.74, 6) is -3.29. The number of carbonyl (C=O) groups excluding carboxylic acids is 4. The zero-order chi connectivity index (χ0) is 39.2. The molecule has 0 heterocycles. The molecule has 0 aliphatic carbocycles. The molecule has 2 aromatic carbocycles. The fourth-order valence-corrected chi connectivity index (χ4v) is 5.82. The summed E-state index contributed by atoms with van der Waals surface area (Å²) in [5.41, 5.74) is -0.949. The summed E-state index contributed by atoms with van der Waals surface area (Å²) < 4.78 is 89.0. The molecule has 0 aliphatic rings. The van der Waals surface area contributed by atoms with Crippen molar-refractivity contribution < 1.29 is 64.1 Å². The molecule has 0 fully saturated rings. The van der Waals surface area contributed by atoms with Gasteiger partial charge in [0.2, 0.25) is 0 Å². The van der Waals surface area contributed by atoms with E-state index in [1.54, 1.807) is 0 Å². The summed E-state index contributed by atoms with van der Waals surface area (Å²) in [4.78, 5) is 46.5. The molecule has 0 bridgehead atoms. The molecule has 0 spiro atoms. The van der Waals surface area contributed by atoms with Crippen molar-refractivity contribution in [3.05, 3.63) is 58.7 Å². The minimum Gasteiger partial charge on any atom is -0.744 e. The fraction of sp³-hybridized carbons (Fsp3) is 0.556. The molecule has 14 nitrogen and oxygen atoms in total. The minimum atomic E-state index is -4.96. The number of ether oxygens (including phenoxy) is 4. The van der Waals surface area contributed by atoms with E-state index in [4.69, 9.17) is 18.9 Å². The number of esters is 4. The van der Waals surface area contributed by atoms with E-state index >= 15 is 0 Å². The maximum atomic E-state index is 12.1. The molecule has 2 rings (SSSR count). The van der Waals surface area contributed by atoms with Crippen molar-refractivity contribution in [2.45, 2.75) is 115 Å². The molecule has 2 aromatic rings. The predicted molar refractivity (Wildman–Crippen MR) is 194 cm³/mol. The average molecular weight is 795 g/mol. The Kier molecular flexibility index (Phi) is 25.1. The van der Waals surface area contributed by atoms with Crippen molar-refractivity contribution in [3.63, 3.8) is 0 Å². The largest absolute Gasteiger partial charge is 2.00 e. The van der Waals surface area contributed by atoms with Gasteiger partial charge in [-0.25, -0.2) is 36.0 Å². The maximum absolute atomic E-state index is 12.1. The summed E-state index contributed by atoms with van der Waals surface area (Å²) in [5, 5.41) is 0. The van der Waals surface area contributed by atoms with Gasteiger partial charge in [-0.05, 0) is 62.1 Å². The first-order valence-electron chi connectivity index (χ1n) is 17.5. The van der Waals surface area contributed by atoms with Gasteiger partial charge in [-0.15, -0.1) is 0 Å². The maximum Gasteiger partial charge on any atom is 2.00 e. The van der Waals surface area contributed by atoms with E-state index in [9.17, 15) is 45.1 Å². The summed E-state index contributed by atoms with van der Waals surface area (Å²) in [6.45, 7) is 8.66.